The fourth-order valence-corrected chi connectivity index (χ4v) is 1.99. The van der Waals surface area contributed by atoms with Crippen molar-refractivity contribution in [3.05, 3.63) is 25.2 Å². The van der Waals surface area contributed by atoms with Crippen molar-refractivity contribution in [2.75, 3.05) is 0 Å². The number of fused-ring (bicyclic) bond motifs is 1. The number of nitrogens with zero attached hydrogens (tertiary/aromatic N) is 1. The SMILES string of the molecule is Fc1cc2n[nH]c(I)c2cc1I. The number of hydrogen-bond acceptors (Lipinski definition) is 1. The second-order valence-electron chi connectivity index (χ2n) is 2.32. The van der Waals surface area contributed by atoms with Crippen molar-refractivity contribution in [2.24, 2.45) is 0 Å². The van der Waals surface area contributed by atoms with Gasteiger partial charge in [-0.2, -0.15) is 5.10 Å². The Bertz CT molecular complexity index is 438. The van der Waals surface area contributed by atoms with Gasteiger partial charge in [0.1, 0.15) is 9.52 Å². The summed E-state index contributed by atoms with van der Waals surface area (Å²) in [7, 11) is 0. The van der Waals surface area contributed by atoms with Crippen molar-refractivity contribution < 1.29 is 4.39 Å². The van der Waals surface area contributed by atoms with Gasteiger partial charge >= 0.3 is 0 Å². The van der Waals surface area contributed by atoms with Gasteiger partial charge in [-0.3, -0.25) is 5.10 Å². The lowest BCUT2D eigenvalue weighted by Crippen LogP contribution is -1.80. The highest BCUT2D eigenvalue weighted by Crippen LogP contribution is 2.22. The van der Waals surface area contributed by atoms with Gasteiger partial charge in [-0.1, -0.05) is 0 Å². The van der Waals surface area contributed by atoms with Crippen molar-refractivity contribution in [2.45, 2.75) is 0 Å². The number of hydrogen-bond donors (Lipinski definition) is 1. The lowest BCUT2D eigenvalue weighted by molar-refractivity contribution is 0.622. The van der Waals surface area contributed by atoms with E-state index in [0.717, 1.165) is 9.09 Å². The van der Waals surface area contributed by atoms with Crippen molar-refractivity contribution in [1.82, 2.24) is 10.2 Å². The Kier molecular flexibility index (Phi) is 2.23. The molecule has 5 heteroatoms. The Hall–Kier alpha value is 0.0800. The van der Waals surface area contributed by atoms with Crippen molar-refractivity contribution in [3.8, 4) is 0 Å². The van der Waals surface area contributed by atoms with Crippen LogP contribution < -0.4 is 0 Å². The molecule has 0 aliphatic heterocycles. The molecule has 12 heavy (non-hydrogen) atoms. The summed E-state index contributed by atoms with van der Waals surface area (Å²) >= 11 is 4.10. The zero-order valence-electron chi connectivity index (χ0n) is 5.74. The maximum atomic E-state index is 13.0. The zero-order chi connectivity index (χ0) is 8.72. The predicted molar refractivity (Wildman–Crippen MR) is 61.5 cm³/mol. The standard InChI is InChI=1S/C7H3FI2N2/c8-4-2-6-3(1-5(4)9)7(10)12-11-6/h1-2H,(H,11,12). The van der Waals surface area contributed by atoms with Crippen molar-refractivity contribution in [3.63, 3.8) is 0 Å². The maximum absolute atomic E-state index is 13.0. The minimum atomic E-state index is -0.217. The molecule has 0 saturated carbocycles. The lowest BCUT2D eigenvalue weighted by Gasteiger charge is -1.93. The van der Waals surface area contributed by atoms with E-state index in [0.29, 0.717) is 9.09 Å². The van der Waals surface area contributed by atoms with Gasteiger partial charge in [0.25, 0.3) is 0 Å². The molecule has 1 N–H and O–H groups in total. The third kappa shape index (κ3) is 1.32. The third-order valence-corrected chi connectivity index (χ3v) is 3.20. The largest absolute Gasteiger partial charge is 0.271 e. The van der Waals surface area contributed by atoms with E-state index in [1.54, 1.807) is 6.07 Å². The van der Waals surface area contributed by atoms with E-state index in [-0.39, 0.29) is 5.82 Å². The van der Waals surface area contributed by atoms with E-state index in [1.165, 1.54) is 6.07 Å². The highest BCUT2D eigenvalue weighted by molar-refractivity contribution is 14.1. The fraction of sp³-hybridized carbons (Fsp3) is 0. The summed E-state index contributed by atoms with van der Waals surface area (Å²) in [5.41, 5.74) is 0.678. The number of halogens is 3. The molecule has 0 radical (unpaired) electrons. The second-order valence-corrected chi connectivity index (χ2v) is 4.56. The van der Waals surface area contributed by atoms with Crippen LogP contribution in [0.5, 0.6) is 0 Å². The summed E-state index contributed by atoms with van der Waals surface area (Å²) < 4.78 is 14.6. The van der Waals surface area contributed by atoms with Gasteiger partial charge in [0.15, 0.2) is 0 Å². The highest BCUT2D eigenvalue weighted by Gasteiger charge is 2.06. The smallest absolute Gasteiger partial charge is 0.138 e. The Morgan fingerprint density at radius 3 is 2.83 bits per heavy atom. The van der Waals surface area contributed by atoms with Crippen LogP contribution in [-0.4, -0.2) is 10.2 Å². The molecule has 1 aromatic heterocycles. The van der Waals surface area contributed by atoms with E-state index in [9.17, 15) is 4.39 Å². The summed E-state index contributed by atoms with van der Waals surface area (Å²) in [5.74, 6) is -0.217. The molecular formula is C7H3FI2N2. The molecule has 0 saturated heterocycles. The lowest BCUT2D eigenvalue weighted by atomic mass is 10.2. The third-order valence-electron chi connectivity index (χ3n) is 1.55. The van der Waals surface area contributed by atoms with Gasteiger partial charge < -0.3 is 0 Å². The van der Waals surface area contributed by atoms with Crippen LogP contribution in [0, 0.1) is 13.1 Å². The zero-order valence-corrected chi connectivity index (χ0v) is 10.1. The second kappa shape index (κ2) is 3.09. The molecule has 0 aliphatic rings. The minimum absolute atomic E-state index is 0.217. The first kappa shape index (κ1) is 8.67. The molecule has 1 heterocycles. The van der Waals surface area contributed by atoms with Crippen LogP contribution in [0.2, 0.25) is 0 Å². The Labute approximate surface area is 95.2 Å². The quantitative estimate of drug-likeness (QED) is 0.692. The van der Waals surface area contributed by atoms with Gasteiger partial charge in [-0.25, -0.2) is 4.39 Å². The van der Waals surface area contributed by atoms with Gasteiger partial charge in [0.2, 0.25) is 0 Å². The topological polar surface area (TPSA) is 28.7 Å². The molecule has 0 fully saturated rings. The first-order valence-corrected chi connectivity index (χ1v) is 5.33. The summed E-state index contributed by atoms with van der Waals surface area (Å²) in [4.78, 5) is 0. The summed E-state index contributed by atoms with van der Waals surface area (Å²) in [6.45, 7) is 0. The minimum Gasteiger partial charge on any atom is -0.271 e. The molecule has 0 spiro atoms. The van der Waals surface area contributed by atoms with Gasteiger partial charge in [0.05, 0.1) is 5.52 Å². The van der Waals surface area contributed by atoms with Crippen LogP contribution in [0.4, 0.5) is 4.39 Å². The average Bonchev–Trinajstić information content (AvgIpc) is 2.35. The maximum Gasteiger partial charge on any atom is 0.138 e. The first-order chi connectivity index (χ1) is 5.68. The van der Waals surface area contributed by atoms with Gasteiger partial charge in [-0.05, 0) is 51.2 Å². The molecular weight excluding hydrogens is 385 g/mol. The molecule has 0 unspecified atom stereocenters. The normalized spacial score (nSPS) is 10.9. The summed E-state index contributed by atoms with van der Waals surface area (Å²) in [6.07, 6.45) is 0. The summed E-state index contributed by atoms with van der Waals surface area (Å²) in [6, 6.07) is 3.23. The van der Waals surface area contributed by atoms with Crippen LogP contribution >= 0.6 is 45.2 Å². The summed E-state index contributed by atoms with van der Waals surface area (Å²) in [5, 5.41) is 7.72. The number of benzene rings is 1. The predicted octanol–water partition coefficient (Wildman–Crippen LogP) is 2.91. The first-order valence-electron chi connectivity index (χ1n) is 3.17. The fourth-order valence-electron chi connectivity index (χ4n) is 0.974. The molecule has 1 aromatic carbocycles. The van der Waals surface area contributed by atoms with Crippen LogP contribution in [-0.2, 0) is 0 Å². The monoisotopic (exact) mass is 388 g/mol. The molecule has 0 amide bonds. The Balaban J connectivity index is 2.87. The van der Waals surface area contributed by atoms with E-state index in [2.05, 4.69) is 32.8 Å². The number of nitrogens with one attached hydrogen (secondary N) is 1. The Morgan fingerprint density at radius 1 is 1.33 bits per heavy atom. The number of aromatic amines is 1. The highest BCUT2D eigenvalue weighted by atomic mass is 127. The van der Waals surface area contributed by atoms with E-state index < -0.39 is 0 Å². The van der Waals surface area contributed by atoms with Gasteiger partial charge in [0, 0.05) is 15.0 Å². The van der Waals surface area contributed by atoms with E-state index in [4.69, 9.17) is 0 Å². The van der Waals surface area contributed by atoms with Crippen LogP contribution in [0.1, 0.15) is 0 Å². The number of rotatable bonds is 0. The van der Waals surface area contributed by atoms with Crippen LogP contribution in [0.3, 0.4) is 0 Å². The van der Waals surface area contributed by atoms with Crippen LogP contribution in [0.25, 0.3) is 10.9 Å². The Morgan fingerprint density at radius 2 is 2.08 bits per heavy atom. The molecule has 2 nitrogen and oxygen atoms in total. The molecule has 2 rings (SSSR count). The van der Waals surface area contributed by atoms with Gasteiger partial charge in [-0.15, -0.1) is 0 Å². The van der Waals surface area contributed by atoms with Crippen molar-refractivity contribution in [1.29, 1.82) is 0 Å². The number of H-pyrrole nitrogens is 1. The number of aromatic nitrogens is 2. The molecule has 62 valence electrons. The van der Waals surface area contributed by atoms with E-state index in [1.807, 2.05) is 22.6 Å². The van der Waals surface area contributed by atoms with Crippen LogP contribution in [0.15, 0.2) is 12.1 Å². The molecule has 0 aliphatic carbocycles. The molecule has 2 aromatic rings. The average molecular weight is 388 g/mol. The van der Waals surface area contributed by atoms with E-state index >= 15 is 0 Å². The molecule has 0 bridgehead atoms. The van der Waals surface area contributed by atoms with Crippen molar-refractivity contribution >= 4 is 56.1 Å². The molecule has 0 atom stereocenters.